The molecule has 20 heavy (non-hydrogen) atoms. The summed E-state index contributed by atoms with van der Waals surface area (Å²) in [5, 5.41) is 0.609. The van der Waals surface area contributed by atoms with Crippen LogP contribution in [0.1, 0.15) is 29.9 Å². The Labute approximate surface area is 121 Å². The molecule has 3 N–H and O–H groups in total. The second-order valence-electron chi connectivity index (χ2n) is 5.07. The van der Waals surface area contributed by atoms with Gasteiger partial charge >= 0.3 is 0 Å². The maximum Gasteiger partial charge on any atom is 0.253 e. The molecule has 0 spiro atoms. The third-order valence-electron chi connectivity index (χ3n) is 3.65. The van der Waals surface area contributed by atoms with E-state index in [1.165, 1.54) is 36.5 Å². The lowest BCUT2D eigenvalue weighted by molar-refractivity contribution is 0.596. The van der Waals surface area contributed by atoms with Gasteiger partial charge in [0.2, 0.25) is 0 Å². The minimum absolute atomic E-state index is 0.191. The number of thioether (sulfide) groups is 1. The van der Waals surface area contributed by atoms with Crippen LogP contribution in [0, 0.1) is 0 Å². The van der Waals surface area contributed by atoms with Crippen molar-refractivity contribution in [2.75, 3.05) is 11.5 Å². The first-order valence-electron chi connectivity index (χ1n) is 6.80. The van der Waals surface area contributed by atoms with Gasteiger partial charge < -0.3 is 10.7 Å². The molecule has 1 unspecified atom stereocenters. The van der Waals surface area contributed by atoms with Gasteiger partial charge in [-0.05, 0) is 36.3 Å². The Hall–Kier alpha value is -1.75. The first-order chi connectivity index (χ1) is 9.72. The summed E-state index contributed by atoms with van der Waals surface area (Å²) in [6.45, 7) is 0. The number of anilines is 1. The van der Waals surface area contributed by atoms with Gasteiger partial charge in [-0.25, -0.2) is 4.98 Å². The molecule has 1 aromatic heterocycles. The van der Waals surface area contributed by atoms with Crippen LogP contribution in [0.25, 0.3) is 0 Å². The molecular formula is C15H17N3OS. The van der Waals surface area contributed by atoms with Crippen LogP contribution in [0.5, 0.6) is 0 Å². The maximum atomic E-state index is 11.4. The Balaban J connectivity index is 1.75. The number of fused-ring (bicyclic) bond motifs is 1. The van der Waals surface area contributed by atoms with Crippen LogP contribution < -0.4 is 11.3 Å². The predicted molar refractivity (Wildman–Crippen MR) is 82.1 cm³/mol. The van der Waals surface area contributed by atoms with Crippen LogP contribution >= 0.6 is 11.8 Å². The molecule has 0 radical (unpaired) electrons. The number of nitrogens with zero attached hydrogens (tertiary/aromatic N) is 1. The highest BCUT2D eigenvalue weighted by Crippen LogP contribution is 2.34. The standard InChI is InChI=1S/C15H17N3OS/c16-13-8-14(19)18-15(17-13)20-9-11-6-3-5-10-4-1-2-7-12(10)11/h1-2,4,7-8,11H,3,5-6,9H2,(H3,16,17,18,19). The van der Waals surface area contributed by atoms with Crippen molar-refractivity contribution in [1.82, 2.24) is 9.97 Å². The lowest BCUT2D eigenvalue weighted by atomic mass is 9.84. The second-order valence-corrected chi connectivity index (χ2v) is 6.08. The second kappa shape index (κ2) is 5.71. The van der Waals surface area contributed by atoms with Crippen molar-refractivity contribution in [3.8, 4) is 0 Å². The quantitative estimate of drug-likeness (QED) is 0.672. The Morgan fingerprint density at radius 3 is 3.10 bits per heavy atom. The van der Waals surface area contributed by atoms with Crippen LogP contribution in [-0.2, 0) is 6.42 Å². The van der Waals surface area contributed by atoms with Gasteiger partial charge in [-0.1, -0.05) is 36.0 Å². The lowest BCUT2D eigenvalue weighted by Gasteiger charge is -2.24. The third-order valence-corrected chi connectivity index (χ3v) is 4.69. The fourth-order valence-electron chi connectivity index (χ4n) is 2.73. The third kappa shape index (κ3) is 2.88. The van der Waals surface area contributed by atoms with Crippen molar-refractivity contribution >= 4 is 17.6 Å². The Bertz CT molecular complexity index is 668. The molecule has 0 aliphatic heterocycles. The minimum Gasteiger partial charge on any atom is -0.383 e. The summed E-state index contributed by atoms with van der Waals surface area (Å²) in [5.41, 5.74) is 8.31. The molecule has 1 aromatic carbocycles. The molecule has 2 aromatic rings. The van der Waals surface area contributed by atoms with Gasteiger partial charge in [0.25, 0.3) is 5.56 Å². The molecule has 1 heterocycles. The van der Waals surface area contributed by atoms with Crippen molar-refractivity contribution in [2.45, 2.75) is 30.3 Å². The van der Waals surface area contributed by atoms with Crippen molar-refractivity contribution in [1.29, 1.82) is 0 Å². The molecule has 104 valence electrons. The largest absolute Gasteiger partial charge is 0.383 e. The van der Waals surface area contributed by atoms with Gasteiger partial charge in [-0.15, -0.1) is 0 Å². The molecule has 5 heteroatoms. The van der Waals surface area contributed by atoms with Crippen molar-refractivity contribution in [2.24, 2.45) is 0 Å². The summed E-state index contributed by atoms with van der Waals surface area (Å²) in [7, 11) is 0. The molecule has 0 bridgehead atoms. The van der Waals surface area contributed by atoms with Crippen LogP contribution in [0.2, 0.25) is 0 Å². The average molecular weight is 287 g/mol. The van der Waals surface area contributed by atoms with Crippen molar-refractivity contribution in [3.63, 3.8) is 0 Å². The summed E-state index contributed by atoms with van der Waals surface area (Å²) < 4.78 is 0. The molecule has 4 nitrogen and oxygen atoms in total. The van der Waals surface area contributed by atoms with Gasteiger partial charge in [0.15, 0.2) is 5.16 Å². The number of hydrogen-bond donors (Lipinski definition) is 2. The molecule has 3 rings (SSSR count). The normalized spacial score (nSPS) is 17.7. The first kappa shape index (κ1) is 13.2. The van der Waals surface area contributed by atoms with E-state index in [9.17, 15) is 4.79 Å². The zero-order valence-corrected chi connectivity index (χ0v) is 12.0. The highest BCUT2D eigenvalue weighted by molar-refractivity contribution is 7.99. The average Bonchev–Trinajstić information content (AvgIpc) is 2.44. The predicted octanol–water partition coefficient (Wildman–Crippen LogP) is 2.56. The number of benzene rings is 1. The van der Waals surface area contributed by atoms with E-state index in [1.807, 2.05) is 0 Å². The number of aromatic amines is 1. The molecule has 0 saturated carbocycles. The summed E-state index contributed by atoms with van der Waals surface area (Å²) in [6.07, 6.45) is 3.59. The minimum atomic E-state index is -0.191. The molecule has 0 amide bonds. The van der Waals surface area contributed by atoms with Crippen LogP contribution in [0.15, 0.2) is 40.3 Å². The van der Waals surface area contributed by atoms with E-state index in [-0.39, 0.29) is 11.4 Å². The molecule has 0 fully saturated rings. The number of nitrogens with two attached hydrogens (primary N) is 1. The first-order valence-corrected chi connectivity index (χ1v) is 7.78. The summed E-state index contributed by atoms with van der Waals surface area (Å²) in [6, 6.07) is 9.94. The van der Waals surface area contributed by atoms with E-state index in [0.717, 1.165) is 5.75 Å². The highest BCUT2D eigenvalue weighted by atomic mass is 32.2. The van der Waals surface area contributed by atoms with Gasteiger partial charge in [-0.2, -0.15) is 0 Å². The smallest absolute Gasteiger partial charge is 0.253 e. The fourth-order valence-corrected chi connectivity index (χ4v) is 3.78. The van der Waals surface area contributed by atoms with E-state index >= 15 is 0 Å². The zero-order chi connectivity index (χ0) is 13.9. The molecule has 1 aliphatic rings. The van der Waals surface area contributed by atoms with E-state index in [0.29, 0.717) is 11.1 Å². The van der Waals surface area contributed by atoms with Gasteiger partial charge in [0, 0.05) is 11.8 Å². The van der Waals surface area contributed by atoms with Crippen molar-refractivity contribution < 1.29 is 0 Å². The Kier molecular flexibility index (Phi) is 3.78. The van der Waals surface area contributed by atoms with Crippen molar-refractivity contribution in [3.05, 3.63) is 51.8 Å². The van der Waals surface area contributed by atoms with Crippen LogP contribution in [0.3, 0.4) is 0 Å². The molecule has 1 atom stereocenters. The molecular weight excluding hydrogens is 270 g/mol. The summed E-state index contributed by atoms with van der Waals surface area (Å²) >= 11 is 1.57. The van der Waals surface area contributed by atoms with E-state index in [4.69, 9.17) is 5.73 Å². The maximum absolute atomic E-state index is 11.4. The number of aryl methyl sites for hydroxylation is 1. The van der Waals surface area contributed by atoms with Crippen LogP contribution in [-0.4, -0.2) is 15.7 Å². The Morgan fingerprint density at radius 1 is 1.40 bits per heavy atom. The number of nitrogen functional groups attached to an aromatic ring is 1. The lowest BCUT2D eigenvalue weighted by Crippen LogP contribution is -2.13. The molecule has 1 aliphatic carbocycles. The highest BCUT2D eigenvalue weighted by Gasteiger charge is 2.20. The fraction of sp³-hybridized carbons (Fsp3) is 0.333. The SMILES string of the molecule is Nc1cc(=O)[nH]c(SCC2CCCc3ccccc32)n1. The number of nitrogens with one attached hydrogen (secondary N) is 1. The number of hydrogen-bond acceptors (Lipinski definition) is 4. The van der Waals surface area contributed by atoms with Gasteiger partial charge in [0.1, 0.15) is 5.82 Å². The summed E-state index contributed by atoms with van der Waals surface area (Å²) in [5.74, 6) is 1.72. The molecule has 0 saturated heterocycles. The monoisotopic (exact) mass is 287 g/mol. The Morgan fingerprint density at radius 2 is 2.25 bits per heavy atom. The number of aromatic nitrogens is 2. The topological polar surface area (TPSA) is 71.8 Å². The van der Waals surface area contributed by atoms with E-state index in [2.05, 4.69) is 34.2 Å². The van der Waals surface area contributed by atoms with Gasteiger partial charge in [0.05, 0.1) is 0 Å². The van der Waals surface area contributed by atoms with Crippen LogP contribution in [0.4, 0.5) is 5.82 Å². The zero-order valence-electron chi connectivity index (χ0n) is 11.1. The van der Waals surface area contributed by atoms with E-state index in [1.54, 1.807) is 11.8 Å². The van der Waals surface area contributed by atoms with E-state index < -0.39 is 0 Å². The summed E-state index contributed by atoms with van der Waals surface area (Å²) in [4.78, 5) is 18.3. The number of rotatable bonds is 3. The number of H-pyrrole nitrogens is 1. The van der Waals surface area contributed by atoms with Gasteiger partial charge in [-0.3, -0.25) is 4.79 Å².